The molecule has 0 aromatic heterocycles. The van der Waals surface area contributed by atoms with Gasteiger partial charge in [0.05, 0.1) is 13.0 Å². The minimum atomic E-state index is -0.271. The Labute approximate surface area is 119 Å². The molecule has 1 heterocycles. The fourth-order valence-electron chi connectivity index (χ4n) is 2.42. The minimum absolute atomic E-state index is 0.0752. The van der Waals surface area contributed by atoms with Gasteiger partial charge in [-0.1, -0.05) is 24.3 Å². The number of hydrogen-bond acceptors (Lipinski definition) is 3. The van der Waals surface area contributed by atoms with Crippen molar-refractivity contribution in [2.24, 2.45) is 5.92 Å². The highest BCUT2D eigenvalue weighted by Crippen LogP contribution is 2.28. The predicted octanol–water partition coefficient (Wildman–Crippen LogP) is 2.33. The van der Waals surface area contributed by atoms with Crippen molar-refractivity contribution in [1.29, 1.82) is 0 Å². The normalized spacial score (nSPS) is 18.1. The molecule has 1 atom stereocenters. The predicted molar refractivity (Wildman–Crippen MR) is 77.4 cm³/mol. The van der Waals surface area contributed by atoms with E-state index in [9.17, 15) is 9.59 Å². The first kappa shape index (κ1) is 14.3. The van der Waals surface area contributed by atoms with Gasteiger partial charge in [0.25, 0.3) is 0 Å². The zero-order valence-electron chi connectivity index (χ0n) is 11.7. The van der Waals surface area contributed by atoms with Crippen LogP contribution in [-0.2, 0) is 20.7 Å². The van der Waals surface area contributed by atoms with Gasteiger partial charge in [0, 0.05) is 24.6 Å². The topological polar surface area (TPSA) is 46.6 Å². The lowest BCUT2D eigenvalue weighted by Crippen LogP contribution is -2.26. The van der Waals surface area contributed by atoms with E-state index in [-0.39, 0.29) is 24.2 Å². The summed E-state index contributed by atoms with van der Waals surface area (Å²) in [4.78, 5) is 25.4. The fourth-order valence-corrected chi connectivity index (χ4v) is 2.42. The van der Waals surface area contributed by atoms with Crippen LogP contribution >= 0.6 is 0 Å². The molecule has 0 saturated carbocycles. The van der Waals surface area contributed by atoms with Crippen LogP contribution in [0.25, 0.3) is 0 Å². The van der Waals surface area contributed by atoms with E-state index in [1.165, 1.54) is 0 Å². The summed E-state index contributed by atoms with van der Waals surface area (Å²) < 4.78 is 4.97. The van der Waals surface area contributed by atoms with Gasteiger partial charge < -0.3 is 9.64 Å². The van der Waals surface area contributed by atoms with Crippen LogP contribution in [0.2, 0.25) is 0 Å². The van der Waals surface area contributed by atoms with Crippen molar-refractivity contribution in [3.63, 3.8) is 0 Å². The van der Waals surface area contributed by atoms with Crippen molar-refractivity contribution in [3.8, 4) is 0 Å². The average molecular weight is 273 g/mol. The Balaban J connectivity index is 2.21. The van der Waals surface area contributed by atoms with Crippen molar-refractivity contribution < 1.29 is 14.3 Å². The van der Waals surface area contributed by atoms with E-state index in [2.05, 4.69) is 6.58 Å². The van der Waals surface area contributed by atoms with Gasteiger partial charge in [0.1, 0.15) is 0 Å². The van der Waals surface area contributed by atoms with E-state index < -0.39 is 0 Å². The Bertz CT molecular complexity index is 524. The quantitative estimate of drug-likeness (QED) is 0.611. The van der Waals surface area contributed by atoms with E-state index in [0.29, 0.717) is 19.6 Å². The zero-order valence-corrected chi connectivity index (χ0v) is 11.7. The molecule has 0 bridgehead atoms. The molecule has 1 aromatic rings. The van der Waals surface area contributed by atoms with Crippen molar-refractivity contribution in [2.45, 2.75) is 19.8 Å². The summed E-state index contributed by atoms with van der Waals surface area (Å²) in [6.45, 7) is 6.52. The summed E-state index contributed by atoms with van der Waals surface area (Å²) >= 11 is 0. The Morgan fingerprint density at radius 3 is 2.90 bits per heavy atom. The smallest absolute Gasteiger partial charge is 0.310 e. The summed E-state index contributed by atoms with van der Waals surface area (Å²) in [6.07, 6.45) is 2.48. The summed E-state index contributed by atoms with van der Waals surface area (Å²) in [7, 11) is 0. The SMILES string of the molecule is C=CC1CC(=O)N(c2ccccc2CC(=O)OCC)C1. The molecule has 1 unspecified atom stereocenters. The summed E-state index contributed by atoms with van der Waals surface area (Å²) in [5.41, 5.74) is 1.62. The highest BCUT2D eigenvalue weighted by Gasteiger charge is 2.30. The van der Waals surface area contributed by atoms with Crippen LogP contribution in [0.1, 0.15) is 18.9 Å². The molecular formula is C16H19NO3. The van der Waals surface area contributed by atoms with Gasteiger partial charge in [-0.25, -0.2) is 0 Å². The number of carbonyl (C=O) groups is 2. The molecule has 1 saturated heterocycles. The molecule has 1 amide bonds. The maximum Gasteiger partial charge on any atom is 0.310 e. The summed E-state index contributed by atoms with van der Waals surface area (Å²) in [5.74, 6) is -0.0174. The second-order valence-electron chi connectivity index (χ2n) is 4.81. The van der Waals surface area contributed by atoms with Crippen LogP contribution in [0.3, 0.4) is 0 Å². The molecule has 0 N–H and O–H groups in total. The largest absolute Gasteiger partial charge is 0.466 e. The molecule has 2 rings (SSSR count). The number of nitrogens with zero attached hydrogens (tertiary/aromatic N) is 1. The van der Waals surface area contributed by atoms with Crippen LogP contribution in [0.4, 0.5) is 5.69 Å². The Kier molecular flexibility index (Phi) is 4.56. The summed E-state index contributed by atoms with van der Waals surface area (Å²) in [6, 6.07) is 7.47. The molecule has 1 aliphatic heterocycles. The highest BCUT2D eigenvalue weighted by molar-refractivity contribution is 5.97. The van der Waals surface area contributed by atoms with Gasteiger partial charge >= 0.3 is 5.97 Å². The van der Waals surface area contributed by atoms with Crippen molar-refractivity contribution >= 4 is 17.6 Å². The lowest BCUT2D eigenvalue weighted by molar-refractivity contribution is -0.142. The zero-order chi connectivity index (χ0) is 14.5. The Morgan fingerprint density at radius 2 is 2.25 bits per heavy atom. The standard InChI is InChI=1S/C16H19NO3/c1-3-12-9-15(18)17(11-12)14-8-6-5-7-13(14)10-16(19)20-4-2/h3,5-8,12H,1,4,9-11H2,2H3. The van der Waals surface area contributed by atoms with Gasteiger partial charge in [0.15, 0.2) is 0 Å². The molecular weight excluding hydrogens is 254 g/mol. The van der Waals surface area contributed by atoms with Crippen LogP contribution < -0.4 is 4.90 Å². The highest BCUT2D eigenvalue weighted by atomic mass is 16.5. The number of para-hydroxylation sites is 1. The van der Waals surface area contributed by atoms with E-state index in [0.717, 1.165) is 11.3 Å². The van der Waals surface area contributed by atoms with Gasteiger partial charge in [-0.2, -0.15) is 0 Å². The molecule has 1 aromatic carbocycles. The molecule has 4 nitrogen and oxygen atoms in total. The number of rotatable bonds is 5. The van der Waals surface area contributed by atoms with Crippen LogP contribution in [0.15, 0.2) is 36.9 Å². The second kappa shape index (κ2) is 6.37. The molecule has 106 valence electrons. The number of carbonyl (C=O) groups excluding carboxylic acids is 2. The lowest BCUT2D eigenvalue weighted by Gasteiger charge is -2.19. The number of esters is 1. The van der Waals surface area contributed by atoms with Crippen molar-refractivity contribution in [2.75, 3.05) is 18.1 Å². The molecule has 1 aliphatic rings. The average Bonchev–Trinajstić information content (AvgIpc) is 2.81. The molecule has 0 spiro atoms. The third kappa shape index (κ3) is 3.07. The fraction of sp³-hybridized carbons (Fsp3) is 0.375. The molecule has 0 radical (unpaired) electrons. The van der Waals surface area contributed by atoms with Crippen LogP contribution in [0.5, 0.6) is 0 Å². The molecule has 1 fully saturated rings. The molecule has 0 aliphatic carbocycles. The molecule has 4 heteroatoms. The van der Waals surface area contributed by atoms with E-state index in [4.69, 9.17) is 4.74 Å². The first-order chi connectivity index (χ1) is 9.65. The number of anilines is 1. The second-order valence-corrected chi connectivity index (χ2v) is 4.81. The minimum Gasteiger partial charge on any atom is -0.466 e. The van der Waals surface area contributed by atoms with Gasteiger partial charge in [-0.05, 0) is 18.6 Å². The Hall–Kier alpha value is -2.10. The maximum absolute atomic E-state index is 12.1. The van der Waals surface area contributed by atoms with E-state index in [1.807, 2.05) is 30.3 Å². The van der Waals surface area contributed by atoms with E-state index >= 15 is 0 Å². The van der Waals surface area contributed by atoms with Crippen molar-refractivity contribution in [1.82, 2.24) is 0 Å². The monoisotopic (exact) mass is 273 g/mol. The van der Waals surface area contributed by atoms with Crippen LogP contribution in [-0.4, -0.2) is 25.0 Å². The van der Waals surface area contributed by atoms with Crippen molar-refractivity contribution in [3.05, 3.63) is 42.5 Å². The summed E-state index contributed by atoms with van der Waals surface area (Å²) in [5, 5.41) is 0. The third-order valence-electron chi connectivity index (χ3n) is 3.41. The maximum atomic E-state index is 12.1. The van der Waals surface area contributed by atoms with Gasteiger partial charge in [-0.3, -0.25) is 9.59 Å². The first-order valence-corrected chi connectivity index (χ1v) is 6.82. The van der Waals surface area contributed by atoms with Gasteiger partial charge in [0.2, 0.25) is 5.91 Å². The lowest BCUT2D eigenvalue weighted by atomic mass is 10.1. The Morgan fingerprint density at radius 1 is 1.50 bits per heavy atom. The molecule has 20 heavy (non-hydrogen) atoms. The van der Waals surface area contributed by atoms with Gasteiger partial charge in [-0.15, -0.1) is 6.58 Å². The number of ether oxygens (including phenoxy) is 1. The first-order valence-electron chi connectivity index (χ1n) is 6.82. The number of benzene rings is 1. The number of amides is 1. The number of hydrogen-bond donors (Lipinski definition) is 0. The third-order valence-corrected chi connectivity index (χ3v) is 3.41. The van der Waals surface area contributed by atoms with E-state index in [1.54, 1.807) is 11.8 Å². The van der Waals surface area contributed by atoms with Crippen LogP contribution in [0, 0.1) is 5.92 Å².